The van der Waals surface area contributed by atoms with Crippen molar-refractivity contribution in [3.8, 4) is 0 Å². The molecule has 1 aromatic heterocycles. The van der Waals surface area contributed by atoms with Gasteiger partial charge in [-0.3, -0.25) is 9.48 Å². The number of aromatic nitrogens is 2. The number of carbonyl (C=O) groups is 2. The maximum atomic E-state index is 11.8. The Morgan fingerprint density at radius 2 is 2.32 bits per heavy atom. The molecule has 0 spiro atoms. The van der Waals surface area contributed by atoms with Gasteiger partial charge in [-0.2, -0.15) is 5.10 Å². The van der Waals surface area contributed by atoms with Gasteiger partial charge in [-0.1, -0.05) is 0 Å². The van der Waals surface area contributed by atoms with Crippen molar-refractivity contribution in [3.05, 3.63) is 11.9 Å². The smallest absolute Gasteiger partial charge is 0.319 e. The van der Waals surface area contributed by atoms with E-state index in [1.165, 1.54) is 0 Å². The summed E-state index contributed by atoms with van der Waals surface area (Å²) in [6, 6.07) is -0.420. The minimum absolute atomic E-state index is 0.0883. The van der Waals surface area contributed by atoms with Crippen LogP contribution in [0.15, 0.2) is 6.20 Å². The molecule has 0 aromatic carbocycles. The Morgan fingerprint density at radius 3 is 2.84 bits per heavy atom. The number of hydrogen-bond donors (Lipinski definition) is 2. The third-order valence-corrected chi connectivity index (χ3v) is 3.19. The number of anilines is 1. The van der Waals surface area contributed by atoms with Gasteiger partial charge in [0.2, 0.25) is 5.91 Å². The Balaban J connectivity index is 1.89. The quantitative estimate of drug-likeness (QED) is 0.834. The van der Waals surface area contributed by atoms with Gasteiger partial charge in [0.1, 0.15) is 0 Å². The molecule has 104 valence electrons. The molecule has 2 rings (SSSR count). The van der Waals surface area contributed by atoms with E-state index in [2.05, 4.69) is 15.7 Å². The van der Waals surface area contributed by atoms with Crippen molar-refractivity contribution in [2.24, 2.45) is 7.05 Å². The van der Waals surface area contributed by atoms with Crippen molar-refractivity contribution in [1.29, 1.82) is 0 Å². The van der Waals surface area contributed by atoms with E-state index in [4.69, 9.17) is 0 Å². The Hall–Kier alpha value is -2.05. The topological polar surface area (TPSA) is 79.3 Å². The summed E-state index contributed by atoms with van der Waals surface area (Å²) < 4.78 is 1.64. The summed E-state index contributed by atoms with van der Waals surface area (Å²) in [4.78, 5) is 25.1. The Morgan fingerprint density at radius 1 is 1.58 bits per heavy atom. The molecule has 0 bridgehead atoms. The van der Waals surface area contributed by atoms with Crippen molar-refractivity contribution in [2.45, 2.75) is 26.3 Å². The SMILES string of the molecule is CCN1C[C@H](NC(=O)Nc2cn(C)nc2C)CC1=O. The van der Waals surface area contributed by atoms with Gasteiger partial charge in [-0.05, 0) is 13.8 Å². The van der Waals surface area contributed by atoms with Crippen molar-refractivity contribution in [2.75, 3.05) is 18.4 Å². The number of rotatable bonds is 3. The van der Waals surface area contributed by atoms with Crippen LogP contribution in [-0.2, 0) is 11.8 Å². The highest BCUT2D eigenvalue weighted by atomic mass is 16.2. The molecule has 7 heteroatoms. The molecule has 1 aromatic rings. The monoisotopic (exact) mass is 265 g/mol. The number of carbonyl (C=O) groups excluding carboxylic acids is 2. The van der Waals surface area contributed by atoms with E-state index in [1.807, 2.05) is 13.8 Å². The molecule has 0 radical (unpaired) electrons. The average molecular weight is 265 g/mol. The molecule has 2 heterocycles. The van der Waals surface area contributed by atoms with E-state index in [0.29, 0.717) is 25.2 Å². The number of nitrogens with zero attached hydrogens (tertiary/aromatic N) is 3. The predicted molar refractivity (Wildman–Crippen MR) is 70.8 cm³/mol. The van der Waals surface area contributed by atoms with Gasteiger partial charge < -0.3 is 15.5 Å². The zero-order valence-corrected chi connectivity index (χ0v) is 11.4. The van der Waals surface area contributed by atoms with Crippen LogP contribution >= 0.6 is 0 Å². The molecule has 1 aliphatic heterocycles. The van der Waals surface area contributed by atoms with E-state index >= 15 is 0 Å². The molecular formula is C12H19N5O2. The van der Waals surface area contributed by atoms with Crippen molar-refractivity contribution in [1.82, 2.24) is 20.0 Å². The van der Waals surface area contributed by atoms with Crippen LogP contribution in [0.2, 0.25) is 0 Å². The minimum Gasteiger partial charge on any atom is -0.341 e. The lowest BCUT2D eigenvalue weighted by molar-refractivity contribution is -0.127. The molecule has 0 saturated carbocycles. The maximum absolute atomic E-state index is 11.8. The minimum atomic E-state index is -0.299. The van der Waals surface area contributed by atoms with E-state index in [1.54, 1.807) is 22.8 Å². The van der Waals surface area contributed by atoms with Crippen LogP contribution in [-0.4, -0.2) is 45.8 Å². The summed E-state index contributed by atoms with van der Waals surface area (Å²) in [5, 5.41) is 9.70. The van der Waals surface area contributed by atoms with Crippen LogP contribution in [0.5, 0.6) is 0 Å². The molecule has 2 N–H and O–H groups in total. The third-order valence-electron chi connectivity index (χ3n) is 3.19. The first kappa shape index (κ1) is 13.4. The molecule has 1 saturated heterocycles. The number of aryl methyl sites for hydroxylation is 2. The predicted octanol–water partition coefficient (Wildman–Crippen LogP) is 0.471. The normalized spacial score (nSPS) is 18.8. The lowest BCUT2D eigenvalue weighted by atomic mass is 10.2. The van der Waals surface area contributed by atoms with Crippen molar-refractivity contribution in [3.63, 3.8) is 0 Å². The van der Waals surface area contributed by atoms with Crippen molar-refractivity contribution >= 4 is 17.6 Å². The average Bonchev–Trinajstić information content (AvgIpc) is 2.82. The van der Waals surface area contributed by atoms with Crippen LogP contribution in [0.1, 0.15) is 19.0 Å². The van der Waals surface area contributed by atoms with E-state index in [-0.39, 0.29) is 18.0 Å². The lowest BCUT2D eigenvalue weighted by Crippen LogP contribution is -2.39. The van der Waals surface area contributed by atoms with Gasteiger partial charge in [0.15, 0.2) is 0 Å². The van der Waals surface area contributed by atoms with Gasteiger partial charge >= 0.3 is 6.03 Å². The molecule has 0 aliphatic carbocycles. The van der Waals surface area contributed by atoms with Gasteiger partial charge in [-0.15, -0.1) is 0 Å². The first-order chi connectivity index (χ1) is 8.99. The largest absolute Gasteiger partial charge is 0.341 e. The van der Waals surface area contributed by atoms with Crippen LogP contribution in [0, 0.1) is 6.92 Å². The zero-order valence-electron chi connectivity index (χ0n) is 11.4. The van der Waals surface area contributed by atoms with E-state index in [9.17, 15) is 9.59 Å². The standard InChI is InChI=1S/C12H19N5O2/c1-4-17-6-9(5-11(17)18)13-12(19)14-10-7-16(3)15-8(10)2/h7,9H,4-6H2,1-3H3,(H2,13,14,19)/t9-/m1/s1. The first-order valence-corrected chi connectivity index (χ1v) is 6.35. The summed E-state index contributed by atoms with van der Waals surface area (Å²) in [7, 11) is 1.80. The second-order valence-electron chi connectivity index (χ2n) is 4.73. The number of urea groups is 1. The molecular weight excluding hydrogens is 246 g/mol. The van der Waals surface area contributed by atoms with Crippen molar-refractivity contribution < 1.29 is 9.59 Å². The number of likely N-dealkylation sites (N-methyl/N-ethyl adjacent to an activating group) is 1. The fourth-order valence-electron chi connectivity index (χ4n) is 2.24. The molecule has 0 unspecified atom stereocenters. The summed E-state index contributed by atoms with van der Waals surface area (Å²) >= 11 is 0. The highest BCUT2D eigenvalue weighted by Gasteiger charge is 2.29. The molecule has 3 amide bonds. The molecule has 7 nitrogen and oxygen atoms in total. The zero-order chi connectivity index (χ0) is 14.0. The maximum Gasteiger partial charge on any atom is 0.319 e. The number of amides is 3. The molecule has 19 heavy (non-hydrogen) atoms. The summed E-state index contributed by atoms with van der Waals surface area (Å²) in [5.74, 6) is 0.0883. The second-order valence-corrected chi connectivity index (χ2v) is 4.73. The van der Waals surface area contributed by atoms with Crippen LogP contribution in [0.3, 0.4) is 0 Å². The lowest BCUT2D eigenvalue weighted by Gasteiger charge is -2.14. The third kappa shape index (κ3) is 3.04. The van der Waals surface area contributed by atoms with E-state index < -0.39 is 0 Å². The Labute approximate surface area is 111 Å². The van der Waals surface area contributed by atoms with Gasteiger partial charge in [-0.25, -0.2) is 4.79 Å². The fourth-order valence-corrected chi connectivity index (χ4v) is 2.24. The highest BCUT2D eigenvalue weighted by molar-refractivity contribution is 5.90. The summed E-state index contributed by atoms with van der Waals surface area (Å²) in [6.07, 6.45) is 2.11. The number of hydrogen-bond acceptors (Lipinski definition) is 3. The highest BCUT2D eigenvalue weighted by Crippen LogP contribution is 2.13. The molecule has 1 fully saturated rings. The van der Waals surface area contributed by atoms with E-state index in [0.717, 1.165) is 5.69 Å². The fraction of sp³-hybridized carbons (Fsp3) is 0.583. The first-order valence-electron chi connectivity index (χ1n) is 6.35. The summed E-state index contributed by atoms with van der Waals surface area (Å²) in [5.41, 5.74) is 1.44. The Bertz CT molecular complexity index is 496. The number of nitrogens with one attached hydrogen (secondary N) is 2. The molecule has 1 aliphatic rings. The van der Waals surface area contributed by atoms with Crippen LogP contribution in [0.4, 0.5) is 10.5 Å². The molecule has 1 atom stereocenters. The van der Waals surface area contributed by atoms with Crippen LogP contribution < -0.4 is 10.6 Å². The van der Waals surface area contributed by atoms with Gasteiger partial charge in [0.25, 0.3) is 0 Å². The van der Waals surface area contributed by atoms with Crippen LogP contribution in [0.25, 0.3) is 0 Å². The number of likely N-dealkylation sites (tertiary alicyclic amines) is 1. The van der Waals surface area contributed by atoms with Gasteiger partial charge in [0, 0.05) is 32.8 Å². The summed E-state index contributed by atoms with van der Waals surface area (Å²) in [6.45, 7) is 5.02. The van der Waals surface area contributed by atoms with Gasteiger partial charge in [0.05, 0.1) is 17.4 Å². The second kappa shape index (κ2) is 5.29. The Kier molecular flexibility index (Phi) is 3.73.